The molecule has 0 aliphatic rings. The van der Waals surface area contributed by atoms with Gasteiger partial charge in [-0.3, -0.25) is 0 Å². The molecule has 0 atom stereocenters. The highest BCUT2D eigenvalue weighted by molar-refractivity contribution is 5.53. The molecule has 2 heteroatoms. The van der Waals surface area contributed by atoms with Crippen molar-refractivity contribution in [2.75, 3.05) is 0 Å². The molecule has 0 radical (unpaired) electrons. The van der Waals surface area contributed by atoms with E-state index in [1.807, 2.05) is 19.9 Å². The molecule has 0 aromatic carbocycles. The largest absolute Gasteiger partial charge is 0.303 e. The van der Waals surface area contributed by atoms with Gasteiger partial charge in [-0.1, -0.05) is 33.8 Å². The van der Waals surface area contributed by atoms with E-state index in [1.54, 1.807) is 0 Å². The average Bonchev–Trinajstić information content (AvgIpc) is 2.70. The van der Waals surface area contributed by atoms with Crippen LogP contribution in [0.25, 0.3) is 5.52 Å². The zero-order valence-corrected chi connectivity index (χ0v) is 10.1. The van der Waals surface area contributed by atoms with E-state index in [9.17, 15) is 0 Å². The van der Waals surface area contributed by atoms with Crippen molar-refractivity contribution in [2.24, 2.45) is 0 Å². The van der Waals surface area contributed by atoms with E-state index < -0.39 is 0 Å². The zero-order valence-electron chi connectivity index (χ0n) is 10.1. The summed E-state index contributed by atoms with van der Waals surface area (Å²) in [4.78, 5) is 4.59. The molecule has 0 saturated heterocycles. The first kappa shape index (κ1) is 11.8. The number of aryl methyl sites for hydroxylation is 2. The van der Waals surface area contributed by atoms with Crippen molar-refractivity contribution in [3.05, 3.63) is 35.9 Å². The van der Waals surface area contributed by atoms with Crippen molar-refractivity contribution < 1.29 is 0 Å². The summed E-state index contributed by atoms with van der Waals surface area (Å²) in [5, 5.41) is 0. The number of rotatable bonds is 2. The van der Waals surface area contributed by atoms with Crippen LogP contribution in [0.5, 0.6) is 0 Å². The standard InChI is InChI=1S/C11H14N2.C2H6/c1-3-9-10-7-5-6-8-13(10)11(4-2)12-9;1-2/h5-8H,3-4H2,1-2H3;1-2H3. The van der Waals surface area contributed by atoms with Crippen LogP contribution < -0.4 is 0 Å². The SMILES string of the molecule is CC.CCc1nc(CC)n2ccccc12. The molecule has 0 aliphatic heterocycles. The molecule has 2 nitrogen and oxygen atoms in total. The van der Waals surface area contributed by atoms with E-state index >= 15 is 0 Å². The van der Waals surface area contributed by atoms with E-state index in [0.29, 0.717) is 0 Å². The van der Waals surface area contributed by atoms with Crippen LogP contribution in [0.3, 0.4) is 0 Å². The molecule has 15 heavy (non-hydrogen) atoms. The monoisotopic (exact) mass is 204 g/mol. The van der Waals surface area contributed by atoms with Crippen molar-refractivity contribution in [2.45, 2.75) is 40.5 Å². The fourth-order valence-electron chi connectivity index (χ4n) is 1.68. The molecule has 2 heterocycles. The van der Waals surface area contributed by atoms with Gasteiger partial charge in [0.15, 0.2) is 0 Å². The maximum Gasteiger partial charge on any atom is 0.113 e. The zero-order chi connectivity index (χ0) is 11.3. The Labute approximate surface area is 92.0 Å². The van der Waals surface area contributed by atoms with E-state index in [0.717, 1.165) is 18.7 Å². The van der Waals surface area contributed by atoms with Crippen LogP contribution in [-0.4, -0.2) is 9.38 Å². The third-order valence-electron chi connectivity index (χ3n) is 2.35. The Balaban J connectivity index is 0.000000531. The van der Waals surface area contributed by atoms with Crippen LogP contribution in [0.4, 0.5) is 0 Å². The van der Waals surface area contributed by atoms with Gasteiger partial charge in [0, 0.05) is 12.6 Å². The van der Waals surface area contributed by atoms with Crippen molar-refractivity contribution in [1.82, 2.24) is 9.38 Å². The van der Waals surface area contributed by atoms with Crippen LogP contribution in [0, 0.1) is 0 Å². The van der Waals surface area contributed by atoms with Crippen molar-refractivity contribution >= 4 is 5.52 Å². The van der Waals surface area contributed by atoms with Gasteiger partial charge in [-0.05, 0) is 18.6 Å². The quantitative estimate of drug-likeness (QED) is 0.732. The lowest BCUT2D eigenvalue weighted by Gasteiger charge is -1.95. The van der Waals surface area contributed by atoms with Gasteiger partial charge in [0.25, 0.3) is 0 Å². The molecule has 0 saturated carbocycles. The van der Waals surface area contributed by atoms with Crippen molar-refractivity contribution in [1.29, 1.82) is 0 Å². The summed E-state index contributed by atoms with van der Waals surface area (Å²) in [6, 6.07) is 6.24. The number of hydrogen-bond donors (Lipinski definition) is 0. The second-order valence-electron chi connectivity index (χ2n) is 3.14. The van der Waals surface area contributed by atoms with E-state index in [-0.39, 0.29) is 0 Å². The normalized spacial score (nSPS) is 9.87. The number of fused-ring (bicyclic) bond motifs is 1. The first-order valence-electron chi connectivity index (χ1n) is 5.81. The summed E-state index contributed by atoms with van der Waals surface area (Å²) >= 11 is 0. The topological polar surface area (TPSA) is 17.3 Å². The molecule has 0 fully saturated rings. The highest BCUT2D eigenvalue weighted by atomic mass is 15.0. The smallest absolute Gasteiger partial charge is 0.113 e. The molecule has 0 N–H and O–H groups in total. The van der Waals surface area contributed by atoms with Gasteiger partial charge < -0.3 is 4.40 Å². The molecule has 0 aliphatic carbocycles. The second kappa shape index (κ2) is 5.54. The van der Waals surface area contributed by atoms with E-state index in [2.05, 4.69) is 41.6 Å². The van der Waals surface area contributed by atoms with Gasteiger partial charge in [0.2, 0.25) is 0 Å². The van der Waals surface area contributed by atoms with E-state index in [4.69, 9.17) is 0 Å². The Morgan fingerprint density at radius 2 is 1.87 bits per heavy atom. The van der Waals surface area contributed by atoms with Gasteiger partial charge in [-0.2, -0.15) is 0 Å². The fraction of sp³-hybridized carbons (Fsp3) is 0.462. The summed E-state index contributed by atoms with van der Waals surface area (Å²) in [6.07, 6.45) is 4.08. The predicted molar refractivity (Wildman–Crippen MR) is 65.3 cm³/mol. The lowest BCUT2D eigenvalue weighted by Crippen LogP contribution is -1.90. The summed E-state index contributed by atoms with van der Waals surface area (Å²) in [6.45, 7) is 8.29. The minimum absolute atomic E-state index is 0.991. The molecule has 0 spiro atoms. The molecular formula is C13H20N2. The van der Waals surface area contributed by atoms with Gasteiger partial charge >= 0.3 is 0 Å². The molecule has 0 bridgehead atoms. The number of aromatic nitrogens is 2. The second-order valence-corrected chi connectivity index (χ2v) is 3.14. The third kappa shape index (κ3) is 2.20. The molecule has 0 unspecified atom stereocenters. The molecule has 82 valence electrons. The van der Waals surface area contributed by atoms with E-state index in [1.165, 1.54) is 11.2 Å². The Morgan fingerprint density at radius 3 is 2.47 bits per heavy atom. The van der Waals surface area contributed by atoms with Crippen molar-refractivity contribution in [3.8, 4) is 0 Å². The molecule has 2 rings (SSSR count). The first-order chi connectivity index (χ1) is 7.36. The lowest BCUT2D eigenvalue weighted by atomic mass is 10.3. The van der Waals surface area contributed by atoms with Crippen LogP contribution in [0.1, 0.15) is 39.2 Å². The Hall–Kier alpha value is -1.31. The maximum absolute atomic E-state index is 4.59. The van der Waals surface area contributed by atoms with Gasteiger partial charge in [0.1, 0.15) is 5.82 Å². The Kier molecular flexibility index (Phi) is 4.35. The molecule has 2 aromatic rings. The number of pyridine rings is 1. The van der Waals surface area contributed by atoms with Gasteiger partial charge in [-0.25, -0.2) is 4.98 Å². The Bertz CT molecular complexity index is 377. The Morgan fingerprint density at radius 1 is 1.13 bits per heavy atom. The summed E-state index contributed by atoms with van der Waals surface area (Å²) in [5.74, 6) is 1.16. The number of hydrogen-bond acceptors (Lipinski definition) is 1. The molecule has 0 amide bonds. The third-order valence-corrected chi connectivity index (χ3v) is 2.35. The molecule has 2 aromatic heterocycles. The van der Waals surface area contributed by atoms with Gasteiger partial charge in [0.05, 0.1) is 11.2 Å². The average molecular weight is 204 g/mol. The summed E-state index contributed by atoms with van der Waals surface area (Å²) < 4.78 is 2.18. The summed E-state index contributed by atoms with van der Waals surface area (Å²) in [5.41, 5.74) is 2.46. The predicted octanol–water partition coefficient (Wildman–Crippen LogP) is 3.49. The van der Waals surface area contributed by atoms with Crippen LogP contribution >= 0.6 is 0 Å². The van der Waals surface area contributed by atoms with Crippen LogP contribution in [-0.2, 0) is 12.8 Å². The van der Waals surface area contributed by atoms with Crippen molar-refractivity contribution in [3.63, 3.8) is 0 Å². The van der Waals surface area contributed by atoms with Crippen LogP contribution in [0.2, 0.25) is 0 Å². The number of nitrogens with zero attached hydrogens (tertiary/aromatic N) is 2. The lowest BCUT2D eigenvalue weighted by molar-refractivity contribution is 0.920. The fourth-order valence-corrected chi connectivity index (χ4v) is 1.68. The highest BCUT2D eigenvalue weighted by Crippen LogP contribution is 2.13. The molecular weight excluding hydrogens is 184 g/mol. The van der Waals surface area contributed by atoms with Crippen LogP contribution in [0.15, 0.2) is 24.4 Å². The minimum Gasteiger partial charge on any atom is -0.303 e. The highest BCUT2D eigenvalue weighted by Gasteiger charge is 2.05. The summed E-state index contributed by atoms with van der Waals surface area (Å²) in [7, 11) is 0. The minimum atomic E-state index is 0.991. The maximum atomic E-state index is 4.59. The first-order valence-corrected chi connectivity index (χ1v) is 5.81. The van der Waals surface area contributed by atoms with Gasteiger partial charge in [-0.15, -0.1) is 0 Å². The number of imidazole rings is 1.